The SMILES string of the molecule is Cc1nn(C)cc1C(=O)N1CC(O)CC1c1ccccc1C(F)(F)F. The van der Waals surface area contributed by atoms with Crippen molar-refractivity contribution in [1.29, 1.82) is 0 Å². The van der Waals surface area contributed by atoms with E-state index in [2.05, 4.69) is 5.10 Å². The van der Waals surface area contributed by atoms with E-state index in [0.29, 0.717) is 11.3 Å². The van der Waals surface area contributed by atoms with Crippen LogP contribution in [0.4, 0.5) is 13.2 Å². The van der Waals surface area contributed by atoms with Crippen LogP contribution in [-0.4, -0.2) is 38.3 Å². The number of halogens is 3. The second kappa shape index (κ2) is 6.18. The maximum atomic E-state index is 13.3. The number of carbonyl (C=O) groups excluding carboxylic acids is 1. The van der Waals surface area contributed by atoms with Gasteiger partial charge in [-0.05, 0) is 25.0 Å². The highest BCUT2D eigenvalue weighted by molar-refractivity contribution is 5.95. The number of aliphatic hydroxyl groups excluding tert-OH is 1. The highest BCUT2D eigenvalue weighted by Crippen LogP contribution is 2.41. The molecule has 1 aromatic heterocycles. The Morgan fingerprint density at radius 2 is 2.00 bits per heavy atom. The van der Waals surface area contributed by atoms with Gasteiger partial charge in [-0.1, -0.05) is 18.2 Å². The average Bonchev–Trinajstić information content (AvgIpc) is 3.08. The van der Waals surface area contributed by atoms with Crippen LogP contribution in [0.3, 0.4) is 0 Å². The number of rotatable bonds is 2. The van der Waals surface area contributed by atoms with Crippen LogP contribution in [0, 0.1) is 6.92 Å². The summed E-state index contributed by atoms with van der Waals surface area (Å²) < 4.78 is 41.5. The van der Waals surface area contributed by atoms with Gasteiger partial charge in [0.1, 0.15) is 0 Å². The zero-order chi connectivity index (χ0) is 18.4. The average molecular weight is 353 g/mol. The van der Waals surface area contributed by atoms with Gasteiger partial charge in [-0.25, -0.2) is 0 Å². The molecule has 1 aliphatic rings. The lowest BCUT2D eigenvalue weighted by Crippen LogP contribution is -2.32. The van der Waals surface area contributed by atoms with E-state index in [0.717, 1.165) is 6.07 Å². The Kier molecular flexibility index (Phi) is 4.32. The van der Waals surface area contributed by atoms with Crippen LogP contribution >= 0.6 is 0 Å². The Labute approximate surface area is 142 Å². The molecule has 1 aliphatic heterocycles. The Morgan fingerprint density at radius 1 is 1.32 bits per heavy atom. The summed E-state index contributed by atoms with van der Waals surface area (Å²) in [6.07, 6.45) is -3.79. The van der Waals surface area contributed by atoms with Gasteiger partial charge in [-0.3, -0.25) is 9.48 Å². The van der Waals surface area contributed by atoms with Crippen molar-refractivity contribution in [3.63, 3.8) is 0 Å². The molecule has 2 unspecified atom stereocenters. The maximum Gasteiger partial charge on any atom is 0.416 e. The van der Waals surface area contributed by atoms with Gasteiger partial charge >= 0.3 is 6.18 Å². The summed E-state index contributed by atoms with van der Waals surface area (Å²) in [6, 6.07) is 4.35. The first-order valence-corrected chi connectivity index (χ1v) is 7.84. The molecule has 2 heterocycles. The molecular formula is C17H18F3N3O2. The molecule has 2 atom stereocenters. The number of benzene rings is 1. The molecular weight excluding hydrogens is 335 g/mol. The molecule has 1 amide bonds. The molecule has 5 nitrogen and oxygen atoms in total. The molecule has 3 rings (SSSR count). The van der Waals surface area contributed by atoms with Crippen molar-refractivity contribution in [2.45, 2.75) is 31.7 Å². The molecule has 25 heavy (non-hydrogen) atoms. The number of aromatic nitrogens is 2. The number of aliphatic hydroxyl groups is 1. The molecule has 1 fully saturated rings. The van der Waals surface area contributed by atoms with Crippen molar-refractivity contribution < 1.29 is 23.1 Å². The van der Waals surface area contributed by atoms with Gasteiger partial charge in [-0.2, -0.15) is 18.3 Å². The van der Waals surface area contributed by atoms with Gasteiger partial charge < -0.3 is 10.0 Å². The predicted octanol–water partition coefficient (Wildman–Crippen LogP) is 2.70. The number of β-amino-alcohol motifs (C(OH)–C–C–N with tert-alkyl or cyclic N) is 1. The number of carbonyl (C=O) groups is 1. The van der Waals surface area contributed by atoms with Crippen molar-refractivity contribution in [3.8, 4) is 0 Å². The van der Waals surface area contributed by atoms with Crippen molar-refractivity contribution in [3.05, 3.63) is 52.8 Å². The fourth-order valence-electron chi connectivity index (χ4n) is 3.34. The number of aryl methyl sites for hydroxylation is 2. The Balaban J connectivity index is 2.01. The fourth-order valence-corrected chi connectivity index (χ4v) is 3.34. The summed E-state index contributed by atoms with van der Waals surface area (Å²) in [5.74, 6) is -0.427. The lowest BCUT2D eigenvalue weighted by molar-refractivity contribution is -0.138. The summed E-state index contributed by atoms with van der Waals surface area (Å²) in [4.78, 5) is 14.2. The second-order valence-corrected chi connectivity index (χ2v) is 6.25. The second-order valence-electron chi connectivity index (χ2n) is 6.25. The molecule has 1 N–H and O–H groups in total. The first-order chi connectivity index (χ1) is 11.7. The number of hydrogen-bond donors (Lipinski definition) is 1. The topological polar surface area (TPSA) is 58.4 Å². The van der Waals surface area contributed by atoms with Crippen LogP contribution in [0.25, 0.3) is 0 Å². The van der Waals surface area contributed by atoms with E-state index in [1.165, 1.54) is 34.0 Å². The van der Waals surface area contributed by atoms with Crippen LogP contribution in [-0.2, 0) is 13.2 Å². The van der Waals surface area contributed by atoms with Crippen molar-refractivity contribution in [1.82, 2.24) is 14.7 Å². The minimum Gasteiger partial charge on any atom is -0.391 e. The van der Waals surface area contributed by atoms with Gasteiger partial charge in [0, 0.05) is 19.8 Å². The highest BCUT2D eigenvalue weighted by Gasteiger charge is 2.42. The van der Waals surface area contributed by atoms with E-state index < -0.39 is 29.8 Å². The number of alkyl halides is 3. The summed E-state index contributed by atoms with van der Waals surface area (Å²) in [5, 5.41) is 14.1. The molecule has 0 spiro atoms. The Hall–Kier alpha value is -2.35. The summed E-state index contributed by atoms with van der Waals surface area (Å²) in [6.45, 7) is 1.66. The third kappa shape index (κ3) is 3.26. The Bertz CT molecular complexity index is 801. The number of amides is 1. The normalized spacial score (nSPS) is 21.0. The van der Waals surface area contributed by atoms with Crippen LogP contribution in [0.2, 0.25) is 0 Å². The molecule has 0 radical (unpaired) electrons. The Morgan fingerprint density at radius 3 is 2.60 bits per heavy atom. The summed E-state index contributed by atoms with van der Waals surface area (Å²) in [7, 11) is 1.67. The molecule has 1 saturated heterocycles. The van der Waals surface area contributed by atoms with E-state index in [9.17, 15) is 23.1 Å². The predicted molar refractivity (Wildman–Crippen MR) is 83.8 cm³/mol. The minimum atomic E-state index is -4.52. The van der Waals surface area contributed by atoms with Crippen LogP contribution in [0.5, 0.6) is 0 Å². The zero-order valence-corrected chi connectivity index (χ0v) is 13.8. The lowest BCUT2D eigenvalue weighted by atomic mass is 9.97. The van der Waals surface area contributed by atoms with Gasteiger partial charge in [-0.15, -0.1) is 0 Å². The van der Waals surface area contributed by atoms with E-state index >= 15 is 0 Å². The molecule has 0 aliphatic carbocycles. The van der Waals surface area contributed by atoms with Gasteiger partial charge in [0.15, 0.2) is 0 Å². The number of hydrogen-bond acceptors (Lipinski definition) is 3. The minimum absolute atomic E-state index is 0.00134. The van der Waals surface area contributed by atoms with Crippen molar-refractivity contribution in [2.24, 2.45) is 7.05 Å². The van der Waals surface area contributed by atoms with Gasteiger partial charge in [0.05, 0.1) is 29.0 Å². The number of nitrogens with zero attached hydrogens (tertiary/aromatic N) is 3. The summed E-state index contributed by atoms with van der Waals surface area (Å²) in [5.41, 5.74) is 0.0408. The van der Waals surface area contributed by atoms with Gasteiger partial charge in [0.25, 0.3) is 5.91 Å². The third-order valence-corrected chi connectivity index (χ3v) is 4.41. The molecule has 0 bridgehead atoms. The molecule has 0 saturated carbocycles. The molecule has 1 aromatic carbocycles. The highest BCUT2D eigenvalue weighted by atomic mass is 19.4. The van der Waals surface area contributed by atoms with Crippen LogP contribution in [0.15, 0.2) is 30.5 Å². The van der Waals surface area contributed by atoms with Crippen LogP contribution < -0.4 is 0 Å². The smallest absolute Gasteiger partial charge is 0.391 e. The monoisotopic (exact) mass is 353 g/mol. The zero-order valence-electron chi connectivity index (χ0n) is 13.8. The number of likely N-dealkylation sites (tertiary alicyclic amines) is 1. The van der Waals surface area contributed by atoms with E-state index in [-0.39, 0.29) is 18.5 Å². The van der Waals surface area contributed by atoms with E-state index in [1.807, 2.05) is 0 Å². The van der Waals surface area contributed by atoms with Crippen LogP contribution in [0.1, 0.15) is 39.6 Å². The summed E-state index contributed by atoms with van der Waals surface area (Å²) >= 11 is 0. The quantitative estimate of drug-likeness (QED) is 0.903. The van der Waals surface area contributed by atoms with Crippen molar-refractivity contribution in [2.75, 3.05) is 6.54 Å². The molecule has 2 aromatic rings. The maximum absolute atomic E-state index is 13.3. The largest absolute Gasteiger partial charge is 0.416 e. The van der Waals surface area contributed by atoms with E-state index in [4.69, 9.17) is 0 Å². The van der Waals surface area contributed by atoms with Crippen molar-refractivity contribution >= 4 is 5.91 Å². The fraction of sp³-hybridized carbons (Fsp3) is 0.412. The standard InChI is InChI=1S/C17H18F3N3O2/c1-10-13(9-22(2)21-10)16(25)23-8-11(24)7-15(23)12-5-3-4-6-14(12)17(18,19)20/h3-6,9,11,15,24H,7-8H2,1-2H3. The lowest BCUT2D eigenvalue weighted by Gasteiger charge is -2.27. The first-order valence-electron chi connectivity index (χ1n) is 7.84. The molecule has 8 heteroatoms. The third-order valence-electron chi connectivity index (χ3n) is 4.41. The van der Waals surface area contributed by atoms with E-state index in [1.54, 1.807) is 14.0 Å². The first kappa shape index (κ1) is 17.5. The van der Waals surface area contributed by atoms with Gasteiger partial charge in [0.2, 0.25) is 0 Å². The molecule has 134 valence electrons.